The summed E-state index contributed by atoms with van der Waals surface area (Å²) in [5.41, 5.74) is -0.0408. The van der Waals surface area contributed by atoms with E-state index in [1.165, 1.54) is 12.1 Å². The standard InChI is InChI=1S/C11H5N5O2/c12-4-8(5-13)7-15-11-2-1-10(16(17)18)3-9(11)6-14/h1-3,7,15H. The third-order valence-electron chi connectivity index (χ3n) is 1.95. The minimum Gasteiger partial charge on any atom is -0.359 e. The van der Waals surface area contributed by atoms with E-state index in [0.29, 0.717) is 0 Å². The van der Waals surface area contributed by atoms with E-state index in [2.05, 4.69) is 5.32 Å². The van der Waals surface area contributed by atoms with Crippen LogP contribution in [0, 0.1) is 44.1 Å². The van der Waals surface area contributed by atoms with Crippen molar-refractivity contribution in [3.8, 4) is 18.2 Å². The molecule has 1 N–H and O–H groups in total. The predicted molar refractivity (Wildman–Crippen MR) is 60.7 cm³/mol. The van der Waals surface area contributed by atoms with E-state index in [-0.39, 0.29) is 22.5 Å². The molecule has 0 saturated carbocycles. The monoisotopic (exact) mass is 239 g/mol. The van der Waals surface area contributed by atoms with Gasteiger partial charge in [0.25, 0.3) is 5.69 Å². The number of rotatable bonds is 3. The molecule has 0 heterocycles. The molecule has 0 aliphatic rings. The summed E-state index contributed by atoms with van der Waals surface area (Å²) in [5.74, 6) is 0. The van der Waals surface area contributed by atoms with Crippen LogP contribution in [0.15, 0.2) is 30.0 Å². The summed E-state index contributed by atoms with van der Waals surface area (Å²) in [6.45, 7) is 0. The Balaban J connectivity index is 3.10. The van der Waals surface area contributed by atoms with Gasteiger partial charge in [0.05, 0.1) is 16.2 Å². The Labute approximate surface area is 102 Å². The van der Waals surface area contributed by atoms with Gasteiger partial charge in [-0.25, -0.2) is 0 Å². The molecule has 1 aromatic rings. The second kappa shape index (κ2) is 5.64. The highest BCUT2D eigenvalue weighted by Gasteiger charge is 2.09. The van der Waals surface area contributed by atoms with Crippen molar-refractivity contribution in [3.05, 3.63) is 45.6 Å². The first-order valence-corrected chi connectivity index (χ1v) is 4.57. The Morgan fingerprint density at radius 1 is 1.33 bits per heavy atom. The molecule has 0 aromatic heterocycles. The molecule has 0 amide bonds. The Hall–Kier alpha value is -3.37. The number of anilines is 1. The lowest BCUT2D eigenvalue weighted by atomic mass is 10.1. The van der Waals surface area contributed by atoms with Gasteiger partial charge in [-0.05, 0) is 6.07 Å². The van der Waals surface area contributed by atoms with E-state index >= 15 is 0 Å². The fourth-order valence-electron chi connectivity index (χ4n) is 1.10. The Morgan fingerprint density at radius 3 is 2.50 bits per heavy atom. The van der Waals surface area contributed by atoms with E-state index in [0.717, 1.165) is 12.3 Å². The van der Waals surface area contributed by atoms with Crippen LogP contribution in [-0.2, 0) is 0 Å². The maximum atomic E-state index is 10.5. The zero-order chi connectivity index (χ0) is 13.5. The number of nitro groups is 1. The van der Waals surface area contributed by atoms with Crippen LogP contribution in [0.3, 0.4) is 0 Å². The summed E-state index contributed by atoms with van der Waals surface area (Å²) in [4.78, 5) is 9.90. The molecule has 0 aliphatic carbocycles. The smallest absolute Gasteiger partial charge is 0.270 e. The molecule has 7 heteroatoms. The number of hydrogen-bond acceptors (Lipinski definition) is 6. The van der Waals surface area contributed by atoms with E-state index < -0.39 is 4.92 Å². The van der Waals surface area contributed by atoms with Gasteiger partial charge >= 0.3 is 0 Å². The van der Waals surface area contributed by atoms with E-state index in [1.54, 1.807) is 18.2 Å². The van der Waals surface area contributed by atoms with Crippen molar-refractivity contribution in [2.45, 2.75) is 0 Å². The van der Waals surface area contributed by atoms with Crippen LogP contribution in [-0.4, -0.2) is 4.92 Å². The first kappa shape index (κ1) is 12.7. The fourth-order valence-corrected chi connectivity index (χ4v) is 1.10. The number of nitrogens with one attached hydrogen (secondary N) is 1. The number of non-ortho nitro benzene ring substituents is 1. The van der Waals surface area contributed by atoms with Crippen molar-refractivity contribution in [1.82, 2.24) is 0 Å². The Kier molecular flexibility index (Phi) is 3.98. The molecule has 0 fully saturated rings. The van der Waals surface area contributed by atoms with Crippen molar-refractivity contribution in [2.75, 3.05) is 5.32 Å². The van der Waals surface area contributed by atoms with E-state index in [9.17, 15) is 10.1 Å². The predicted octanol–water partition coefficient (Wildman–Crippen LogP) is 1.81. The zero-order valence-corrected chi connectivity index (χ0v) is 8.91. The number of benzene rings is 1. The SMILES string of the molecule is N#CC(C#N)=CNc1ccc([N+](=O)[O-])cc1C#N. The summed E-state index contributed by atoms with van der Waals surface area (Å²) in [6, 6.07) is 8.72. The zero-order valence-electron chi connectivity index (χ0n) is 8.91. The minimum atomic E-state index is -0.615. The Morgan fingerprint density at radius 2 is 2.00 bits per heavy atom. The van der Waals surface area contributed by atoms with Gasteiger partial charge in [-0.2, -0.15) is 15.8 Å². The molecule has 0 spiro atoms. The highest BCUT2D eigenvalue weighted by atomic mass is 16.6. The summed E-state index contributed by atoms with van der Waals surface area (Å²) in [5, 5.41) is 39.0. The summed E-state index contributed by atoms with van der Waals surface area (Å²) >= 11 is 0. The molecule has 18 heavy (non-hydrogen) atoms. The molecule has 0 aliphatic heterocycles. The normalized spacial score (nSPS) is 8.28. The second-order valence-electron chi connectivity index (χ2n) is 3.02. The molecule has 7 nitrogen and oxygen atoms in total. The van der Waals surface area contributed by atoms with Gasteiger partial charge in [-0.3, -0.25) is 10.1 Å². The molecule has 1 rings (SSSR count). The molecule has 0 unspecified atom stereocenters. The van der Waals surface area contributed by atoms with Gasteiger partial charge in [0.2, 0.25) is 0 Å². The van der Waals surface area contributed by atoms with Gasteiger partial charge in [0.15, 0.2) is 0 Å². The first-order valence-electron chi connectivity index (χ1n) is 4.57. The van der Waals surface area contributed by atoms with Crippen LogP contribution in [0.2, 0.25) is 0 Å². The van der Waals surface area contributed by atoms with Crippen LogP contribution in [0.25, 0.3) is 0 Å². The fraction of sp³-hybridized carbons (Fsp3) is 0. The third-order valence-corrected chi connectivity index (χ3v) is 1.95. The van der Waals surface area contributed by atoms with Crippen molar-refractivity contribution in [3.63, 3.8) is 0 Å². The lowest BCUT2D eigenvalue weighted by Gasteiger charge is -2.02. The maximum Gasteiger partial charge on any atom is 0.270 e. The molecule has 0 bridgehead atoms. The minimum absolute atomic E-state index is 0.0516. The Bertz CT molecular complexity index is 627. The molecule has 86 valence electrons. The van der Waals surface area contributed by atoms with Crippen LogP contribution in [0.5, 0.6) is 0 Å². The number of nitrogens with zero attached hydrogens (tertiary/aromatic N) is 4. The van der Waals surface area contributed by atoms with Gasteiger partial charge in [0.1, 0.15) is 23.8 Å². The van der Waals surface area contributed by atoms with Crippen LogP contribution < -0.4 is 5.32 Å². The number of nitriles is 3. The third kappa shape index (κ3) is 2.82. The molecule has 0 radical (unpaired) electrons. The summed E-state index contributed by atoms with van der Waals surface area (Å²) in [7, 11) is 0. The van der Waals surface area contributed by atoms with Crippen LogP contribution in [0.4, 0.5) is 11.4 Å². The van der Waals surface area contributed by atoms with Gasteiger partial charge in [0, 0.05) is 18.3 Å². The van der Waals surface area contributed by atoms with Crippen molar-refractivity contribution in [2.24, 2.45) is 0 Å². The summed E-state index contributed by atoms with van der Waals surface area (Å²) in [6.07, 6.45) is 1.13. The van der Waals surface area contributed by atoms with Crippen LogP contribution in [0.1, 0.15) is 5.56 Å². The van der Waals surface area contributed by atoms with Crippen molar-refractivity contribution in [1.29, 1.82) is 15.8 Å². The quantitative estimate of drug-likeness (QED) is 0.486. The molecular formula is C11H5N5O2. The molecule has 1 aromatic carbocycles. The topological polar surface area (TPSA) is 127 Å². The maximum absolute atomic E-state index is 10.5. The average Bonchev–Trinajstić information content (AvgIpc) is 2.39. The van der Waals surface area contributed by atoms with Gasteiger partial charge in [-0.1, -0.05) is 0 Å². The molecular weight excluding hydrogens is 234 g/mol. The molecule has 0 atom stereocenters. The highest BCUT2D eigenvalue weighted by molar-refractivity contribution is 5.63. The highest BCUT2D eigenvalue weighted by Crippen LogP contribution is 2.21. The second-order valence-corrected chi connectivity index (χ2v) is 3.02. The lowest BCUT2D eigenvalue weighted by molar-refractivity contribution is -0.384. The average molecular weight is 239 g/mol. The van der Waals surface area contributed by atoms with Crippen molar-refractivity contribution < 1.29 is 4.92 Å². The van der Waals surface area contributed by atoms with E-state index in [4.69, 9.17) is 15.8 Å². The number of nitro benzene ring substituents is 1. The largest absolute Gasteiger partial charge is 0.359 e. The number of allylic oxidation sites excluding steroid dienone is 1. The number of hydrogen-bond donors (Lipinski definition) is 1. The lowest BCUT2D eigenvalue weighted by Crippen LogP contribution is -1.95. The summed E-state index contributed by atoms with van der Waals surface area (Å²) < 4.78 is 0. The van der Waals surface area contributed by atoms with E-state index in [1.807, 2.05) is 0 Å². The van der Waals surface area contributed by atoms with Gasteiger partial charge < -0.3 is 5.32 Å². The van der Waals surface area contributed by atoms with Gasteiger partial charge in [-0.15, -0.1) is 0 Å². The first-order chi connectivity index (χ1) is 8.62. The van der Waals surface area contributed by atoms with Crippen LogP contribution >= 0.6 is 0 Å². The van der Waals surface area contributed by atoms with Crippen molar-refractivity contribution >= 4 is 11.4 Å². The molecule has 0 saturated heterocycles.